The Morgan fingerprint density at radius 1 is 1.43 bits per heavy atom. The van der Waals surface area contributed by atoms with Gasteiger partial charge in [-0.25, -0.2) is 0 Å². The van der Waals surface area contributed by atoms with Crippen LogP contribution in [0, 0.1) is 5.92 Å². The highest BCUT2D eigenvalue weighted by atomic mass is 35.5. The van der Waals surface area contributed by atoms with Crippen LogP contribution in [0.25, 0.3) is 0 Å². The number of thioether (sulfide) groups is 1. The summed E-state index contributed by atoms with van der Waals surface area (Å²) in [6, 6.07) is 7.69. The maximum absolute atomic E-state index is 6.01. The highest BCUT2D eigenvalue weighted by Crippen LogP contribution is 2.55. The first-order chi connectivity index (χ1) is 10.1. The number of alkyl halides is 2. The molecule has 1 fully saturated rings. The van der Waals surface area contributed by atoms with E-state index in [-0.39, 0.29) is 0 Å². The van der Waals surface area contributed by atoms with Gasteiger partial charge in [0, 0.05) is 11.7 Å². The van der Waals surface area contributed by atoms with Crippen LogP contribution in [0.2, 0.25) is 0 Å². The van der Waals surface area contributed by atoms with E-state index in [1.807, 2.05) is 24.3 Å². The number of halogens is 2. The lowest BCUT2D eigenvalue weighted by atomic mass is 10.3. The molecule has 112 valence electrons. The zero-order valence-electron chi connectivity index (χ0n) is 11.2. The van der Waals surface area contributed by atoms with Gasteiger partial charge >= 0.3 is 0 Å². The van der Waals surface area contributed by atoms with Gasteiger partial charge in [0.25, 0.3) is 0 Å². The average Bonchev–Trinajstić information content (AvgIpc) is 2.86. The van der Waals surface area contributed by atoms with E-state index in [0.717, 1.165) is 33.1 Å². The van der Waals surface area contributed by atoms with Crippen LogP contribution in [0.5, 0.6) is 5.75 Å². The Balaban J connectivity index is 1.60. The number of rotatable bonds is 6. The number of nitrogens with one attached hydrogen (secondary N) is 1. The summed E-state index contributed by atoms with van der Waals surface area (Å²) < 4.78 is 5.67. The molecule has 1 aliphatic carbocycles. The molecule has 0 aliphatic heterocycles. The molecule has 0 bridgehead atoms. The fourth-order valence-electron chi connectivity index (χ4n) is 1.80. The van der Waals surface area contributed by atoms with Gasteiger partial charge in [0.1, 0.15) is 10.1 Å². The summed E-state index contributed by atoms with van der Waals surface area (Å²) in [5.74, 6) is 1.99. The molecule has 21 heavy (non-hydrogen) atoms. The van der Waals surface area contributed by atoms with Crippen molar-refractivity contribution in [3.63, 3.8) is 0 Å². The van der Waals surface area contributed by atoms with Crippen LogP contribution in [0.4, 0.5) is 10.8 Å². The molecule has 0 saturated heterocycles. The van der Waals surface area contributed by atoms with Crippen molar-refractivity contribution in [1.82, 2.24) is 10.2 Å². The van der Waals surface area contributed by atoms with Gasteiger partial charge in [-0.05, 0) is 18.6 Å². The summed E-state index contributed by atoms with van der Waals surface area (Å²) in [7, 11) is 1.64. The van der Waals surface area contributed by atoms with Gasteiger partial charge < -0.3 is 10.1 Å². The lowest BCUT2D eigenvalue weighted by molar-refractivity contribution is 0.417. The number of nitrogens with zero attached hydrogens (tertiary/aromatic N) is 2. The van der Waals surface area contributed by atoms with E-state index in [2.05, 4.69) is 15.5 Å². The Bertz CT molecular complexity index is 635. The number of hydrogen-bond donors (Lipinski definition) is 1. The van der Waals surface area contributed by atoms with Crippen LogP contribution in [0.15, 0.2) is 28.6 Å². The highest BCUT2D eigenvalue weighted by Gasteiger charge is 2.51. The molecule has 1 aliphatic rings. The Labute approximate surface area is 141 Å². The van der Waals surface area contributed by atoms with Crippen LogP contribution in [-0.4, -0.2) is 27.4 Å². The third kappa shape index (κ3) is 3.74. The second kappa shape index (κ2) is 6.20. The van der Waals surface area contributed by atoms with Gasteiger partial charge in [0.2, 0.25) is 5.13 Å². The van der Waals surface area contributed by atoms with E-state index in [9.17, 15) is 0 Å². The molecular formula is C13H13Cl2N3OS2. The molecule has 1 heterocycles. The average molecular weight is 362 g/mol. The van der Waals surface area contributed by atoms with E-state index in [1.165, 1.54) is 11.3 Å². The zero-order valence-corrected chi connectivity index (χ0v) is 14.3. The largest absolute Gasteiger partial charge is 0.495 e. The molecule has 0 radical (unpaired) electrons. The van der Waals surface area contributed by atoms with Gasteiger partial charge in [-0.2, -0.15) is 0 Å². The Morgan fingerprint density at radius 2 is 2.19 bits per heavy atom. The zero-order chi connectivity index (χ0) is 14.9. The number of para-hydroxylation sites is 2. The van der Waals surface area contributed by atoms with E-state index in [0.29, 0.717) is 5.92 Å². The molecular weight excluding hydrogens is 349 g/mol. The van der Waals surface area contributed by atoms with Crippen molar-refractivity contribution in [3.8, 4) is 5.75 Å². The van der Waals surface area contributed by atoms with Gasteiger partial charge in [-0.15, -0.1) is 33.4 Å². The van der Waals surface area contributed by atoms with Gasteiger partial charge in [-0.3, -0.25) is 0 Å². The lowest BCUT2D eigenvalue weighted by Crippen LogP contribution is -1.93. The van der Waals surface area contributed by atoms with Crippen LogP contribution >= 0.6 is 46.3 Å². The monoisotopic (exact) mass is 361 g/mol. The second-order valence-corrected chi connectivity index (χ2v) is 8.46. The number of benzene rings is 1. The van der Waals surface area contributed by atoms with Crippen LogP contribution in [0.3, 0.4) is 0 Å². The third-order valence-corrected chi connectivity index (χ3v) is 6.18. The molecule has 1 N–H and O–H groups in total. The minimum atomic E-state index is -0.532. The molecule has 4 nitrogen and oxygen atoms in total. The molecule has 0 spiro atoms. The Hall–Kier alpha value is -0.690. The van der Waals surface area contributed by atoms with Crippen molar-refractivity contribution in [3.05, 3.63) is 24.3 Å². The number of anilines is 2. The van der Waals surface area contributed by atoms with Crippen molar-refractivity contribution in [2.24, 2.45) is 5.92 Å². The first kappa shape index (κ1) is 15.2. The van der Waals surface area contributed by atoms with Crippen molar-refractivity contribution < 1.29 is 4.74 Å². The highest BCUT2D eigenvalue weighted by molar-refractivity contribution is 8.01. The quantitative estimate of drug-likeness (QED) is 0.602. The first-order valence-electron chi connectivity index (χ1n) is 6.32. The van der Waals surface area contributed by atoms with Crippen molar-refractivity contribution in [2.45, 2.75) is 15.1 Å². The van der Waals surface area contributed by atoms with Crippen molar-refractivity contribution in [1.29, 1.82) is 0 Å². The predicted octanol–water partition coefficient (Wildman–Crippen LogP) is 4.58. The lowest BCUT2D eigenvalue weighted by Gasteiger charge is -2.07. The van der Waals surface area contributed by atoms with E-state index in [1.54, 1.807) is 18.9 Å². The maximum Gasteiger partial charge on any atom is 0.210 e. The number of ether oxygens (including phenoxy) is 1. The standard InChI is InChI=1S/C13H13Cl2N3OS2/c1-19-10-5-3-2-4-9(10)16-11-17-18-12(21-11)20-7-8-6-13(8,14)15/h2-5,8H,6-7H2,1H3,(H,16,17)/t8-/m1/s1. The summed E-state index contributed by atoms with van der Waals surface area (Å²) in [4.78, 5) is 0. The summed E-state index contributed by atoms with van der Waals surface area (Å²) in [5.41, 5.74) is 0.871. The molecule has 2 aromatic rings. The smallest absolute Gasteiger partial charge is 0.210 e. The summed E-state index contributed by atoms with van der Waals surface area (Å²) in [6.45, 7) is 0. The van der Waals surface area contributed by atoms with Crippen molar-refractivity contribution in [2.75, 3.05) is 18.2 Å². The predicted molar refractivity (Wildman–Crippen MR) is 89.5 cm³/mol. The molecule has 1 aromatic heterocycles. The molecule has 0 amide bonds. The fourth-order valence-corrected chi connectivity index (χ4v) is 4.52. The van der Waals surface area contributed by atoms with E-state index >= 15 is 0 Å². The Morgan fingerprint density at radius 3 is 2.90 bits per heavy atom. The van der Waals surface area contributed by atoms with Crippen molar-refractivity contribution >= 4 is 57.1 Å². The van der Waals surface area contributed by atoms with Gasteiger partial charge in [0.15, 0.2) is 4.34 Å². The molecule has 3 rings (SSSR count). The molecule has 1 aromatic carbocycles. The number of hydrogen-bond acceptors (Lipinski definition) is 6. The maximum atomic E-state index is 6.01. The van der Waals surface area contributed by atoms with Gasteiger partial charge in [-0.1, -0.05) is 35.2 Å². The van der Waals surface area contributed by atoms with Crippen LogP contribution in [0.1, 0.15) is 6.42 Å². The summed E-state index contributed by atoms with van der Waals surface area (Å²) in [5, 5.41) is 12.2. The van der Waals surface area contributed by atoms with E-state index in [4.69, 9.17) is 27.9 Å². The molecule has 8 heteroatoms. The Kier molecular flexibility index (Phi) is 4.49. The van der Waals surface area contributed by atoms with E-state index < -0.39 is 4.33 Å². The third-order valence-electron chi connectivity index (χ3n) is 3.12. The second-order valence-electron chi connectivity index (χ2n) is 4.67. The van der Waals surface area contributed by atoms with Gasteiger partial charge in [0.05, 0.1) is 12.8 Å². The summed E-state index contributed by atoms with van der Waals surface area (Å²) in [6.07, 6.45) is 0.855. The van der Waals surface area contributed by atoms with Crippen LogP contribution < -0.4 is 10.1 Å². The molecule has 0 unspecified atom stereocenters. The number of methoxy groups -OCH3 is 1. The minimum absolute atomic E-state index is 0.348. The normalized spacial score (nSPS) is 19.3. The SMILES string of the molecule is COc1ccccc1Nc1nnc(SC[C@H]2CC2(Cl)Cl)s1. The first-order valence-corrected chi connectivity index (χ1v) is 8.88. The molecule has 1 saturated carbocycles. The van der Waals surface area contributed by atoms with Crippen LogP contribution in [-0.2, 0) is 0 Å². The number of aromatic nitrogens is 2. The minimum Gasteiger partial charge on any atom is -0.495 e. The summed E-state index contributed by atoms with van der Waals surface area (Å²) >= 11 is 15.2. The fraction of sp³-hybridized carbons (Fsp3) is 0.385. The molecule has 1 atom stereocenters. The topological polar surface area (TPSA) is 47.0 Å².